The summed E-state index contributed by atoms with van der Waals surface area (Å²) in [6.45, 7) is 5.73. The summed E-state index contributed by atoms with van der Waals surface area (Å²) in [5.41, 5.74) is 4.19. The third kappa shape index (κ3) is 3.22. The number of carbonyl (C=O) groups excluding carboxylic acids is 1. The van der Waals surface area contributed by atoms with Gasteiger partial charge in [0.2, 0.25) is 0 Å². The van der Waals surface area contributed by atoms with Gasteiger partial charge in [-0.05, 0) is 56.2 Å². The first-order valence-electron chi connectivity index (χ1n) is 7.69. The van der Waals surface area contributed by atoms with Gasteiger partial charge >= 0.3 is 0 Å². The number of furan rings is 1. The number of carbonyl (C=O) groups is 1. The summed E-state index contributed by atoms with van der Waals surface area (Å²) in [5, 5.41) is 3.55. The van der Waals surface area contributed by atoms with Gasteiger partial charge in [0, 0.05) is 11.3 Å². The minimum Gasteiger partial charge on any atom is -0.460 e. The molecule has 1 N–H and O–H groups in total. The number of hydrogen-bond donors (Lipinski definition) is 1. The van der Waals surface area contributed by atoms with Crippen molar-refractivity contribution in [1.82, 2.24) is 0 Å². The molecule has 0 unspecified atom stereocenters. The van der Waals surface area contributed by atoms with Crippen LogP contribution in [0.4, 0.5) is 5.69 Å². The van der Waals surface area contributed by atoms with Gasteiger partial charge in [0.1, 0.15) is 11.5 Å². The molecular weight excluding hydrogens is 322 g/mol. The molecular formula is C20H18ClNO2. The maximum atomic E-state index is 12.6. The van der Waals surface area contributed by atoms with E-state index in [2.05, 4.69) is 5.32 Å². The van der Waals surface area contributed by atoms with Gasteiger partial charge in [0.05, 0.1) is 10.6 Å². The van der Waals surface area contributed by atoms with Crippen LogP contribution in [0.1, 0.15) is 27.2 Å². The lowest BCUT2D eigenvalue weighted by Crippen LogP contribution is -2.13. The normalized spacial score (nSPS) is 10.7. The fourth-order valence-electron chi connectivity index (χ4n) is 2.56. The van der Waals surface area contributed by atoms with Crippen molar-refractivity contribution in [2.24, 2.45) is 0 Å². The van der Waals surface area contributed by atoms with E-state index in [0.717, 1.165) is 22.4 Å². The Balaban J connectivity index is 1.91. The Morgan fingerprint density at radius 1 is 1.04 bits per heavy atom. The molecule has 0 bridgehead atoms. The Labute approximate surface area is 146 Å². The quantitative estimate of drug-likeness (QED) is 0.657. The highest BCUT2D eigenvalue weighted by atomic mass is 35.5. The van der Waals surface area contributed by atoms with Gasteiger partial charge in [-0.2, -0.15) is 0 Å². The molecule has 1 aromatic heterocycles. The van der Waals surface area contributed by atoms with Crippen LogP contribution in [-0.4, -0.2) is 5.91 Å². The number of aryl methyl sites for hydroxylation is 3. The fraction of sp³-hybridized carbons (Fsp3) is 0.150. The molecule has 3 rings (SSSR count). The van der Waals surface area contributed by atoms with Crippen molar-refractivity contribution in [3.05, 3.63) is 76.0 Å². The van der Waals surface area contributed by atoms with E-state index in [1.807, 2.05) is 50.2 Å². The second-order valence-electron chi connectivity index (χ2n) is 5.83. The molecule has 0 saturated carbocycles. The van der Waals surface area contributed by atoms with Gasteiger partial charge in [-0.1, -0.05) is 35.9 Å². The largest absolute Gasteiger partial charge is 0.460 e. The van der Waals surface area contributed by atoms with Crippen LogP contribution in [0.2, 0.25) is 5.02 Å². The molecule has 3 nitrogen and oxygen atoms in total. The zero-order chi connectivity index (χ0) is 17.3. The van der Waals surface area contributed by atoms with Crippen LogP contribution in [0, 0.1) is 20.8 Å². The molecule has 0 aliphatic carbocycles. The van der Waals surface area contributed by atoms with Crippen molar-refractivity contribution in [3.63, 3.8) is 0 Å². The topological polar surface area (TPSA) is 42.2 Å². The van der Waals surface area contributed by atoms with Gasteiger partial charge < -0.3 is 9.73 Å². The fourth-order valence-corrected chi connectivity index (χ4v) is 2.79. The first-order valence-corrected chi connectivity index (χ1v) is 8.07. The Bertz CT molecular complexity index is 912. The van der Waals surface area contributed by atoms with Crippen LogP contribution in [0.25, 0.3) is 11.3 Å². The molecule has 122 valence electrons. The average Bonchev–Trinajstić information content (AvgIpc) is 2.93. The molecule has 0 saturated heterocycles. The Kier molecular flexibility index (Phi) is 4.45. The van der Waals surface area contributed by atoms with Gasteiger partial charge in [-0.15, -0.1) is 0 Å². The van der Waals surface area contributed by atoms with Crippen LogP contribution in [0.5, 0.6) is 0 Å². The third-order valence-corrected chi connectivity index (χ3v) is 4.27. The van der Waals surface area contributed by atoms with Crippen LogP contribution < -0.4 is 5.32 Å². The Morgan fingerprint density at radius 2 is 1.79 bits per heavy atom. The highest BCUT2D eigenvalue weighted by Crippen LogP contribution is 2.31. The van der Waals surface area contributed by atoms with Crippen molar-refractivity contribution >= 4 is 23.2 Å². The zero-order valence-electron chi connectivity index (χ0n) is 13.8. The van der Waals surface area contributed by atoms with Crippen LogP contribution in [0.15, 0.2) is 52.9 Å². The van der Waals surface area contributed by atoms with Gasteiger partial charge in [-0.3, -0.25) is 4.79 Å². The van der Waals surface area contributed by atoms with Crippen LogP contribution in [-0.2, 0) is 0 Å². The first-order chi connectivity index (χ1) is 11.5. The lowest BCUT2D eigenvalue weighted by atomic mass is 10.1. The van der Waals surface area contributed by atoms with E-state index in [1.54, 1.807) is 19.1 Å². The number of anilines is 1. The minimum absolute atomic E-state index is 0.191. The van der Waals surface area contributed by atoms with Gasteiger partial charge in [-0.25, -0.2) is 0 Å². The van der Waals surface area contributed by atoms with E-state index in [1.165, 1.54) is 0 Å². The minimum atomic E-state index is -0.191. The van der Waals surface area contributed by atoms with Crippen molar-refractivity contribution in [3.8, 4) is 11.3 Å². The van der Waals surface area contributed by atoms with Crippen LogP contribution in [0.3, 0.4) is 0 Å². The SMILES string of the molecule is Cc1ccc(C)c(NC(=O)c2cc(-c3ccccc3Cl)oc2C)c1. The summed E-state index contributed by atoms with van der Waals surface area (Å²) in [7, 11) is 0. The molecule has 4 heteroatoms. The second kappa shape index (κ2) is 6.54. The number of hydrogen-bond acceptors (Lipinski definition) is 2. The van der Waals surface area contributed by atoms with E-state index in [4.69, 9.17) is 16.0 Å². The highest BCUT2D eigenvalue weighted by molar-refractivity contribution is 6.33. The van der Waals surface area contributed by atoms with Gasteiger partial charge in [0.25, 0.3) is 5.91 Å². The summed E-state index contributed by atoms with van der Waals surface area (Å²) < 4.78 is 5.75. The molecule has 1 amide bonds. The highest BCUT2D eigenvalue weighted by Gasteiger charge is 2.18. The van der Waals surface area contributed by atoms with E-state index in [0.29, 0.717) is 22.1 Å². The molecule has 1 heterocycles. The van der Waals surface area contributed by atoms with Crippen LogP contribution >= 0.6 is 11.6 Å². The maximum absolute atomic E-state index is 12.6. The number of nitrogens with one attached hydrogen (secondary N) is 1. The van der Waals surface area contributed by atoms with E-state index >= 15 is 0 Å². The predicted molar refractivity (Wildman–Crippen MR) is 97.8 cm³/mol. The molecule has 0 spiro atoms. The predicted octanol–water partition coefficient (Wildman–Crippen LogP) is 5.78. The first kappa shape index (κ1) is 16.3. The Morgan fingerprint density at radius 3 is 2.54 bits per heavy atom. The monoisotopic (exact) mass is 339 g/mol. The number of benzene rings is 2. The molecule has 3 aromatic rings. The summed E-state index contributed by atoms with van der Waals surface area (Å²) in [6.07, 6.45) is 0. The van der Waals surface area contributed by atoms with E-state index < -0.39 is 0 Å². The van der Waals surface area contributed by atoms with Crippen molar-refractivity contribution in [1.29, 1.82) is 0 Å². The molecule has 0 radical (unpaired) electrons. The van der Waals surface area contributed by atoms with E-state index in [-0.39, 0.29) is 5.91 Å². The number of rotatable bonds is 3. The van der Waals surface area contributed by atoms with Crippen molar-refractivity contribution in [2.45, 2.75) is 20.8 Å². The van der Waals surface area contributed by atoms with Crippen molar-refractivity contribution in [2.75, 3.05) is 5.32 Å². The lowest BCUT2D eigenvalue weighted by Gasteiger charge is -2.08. The molecule has 0 fully saturated rings. The zero-order valence-corrected chi connectivity index (χ0v) is 14.6. The average molecular weight is 340 g/mol. The number of amides is 1. The molecule has 24 heavy (non-hydrogen) atoms. The van der Waals surface area contributed by atoms with Gasteiger partial charge in [0.15, 0.2) is 0 Å². The smallest absolute Gasteiger partial charge is 0.259 e. The maximum Gasteiger partial charge on any atom is 0.259 e. The summed E-state index contributed by atoms with van der Waals surface area (Å²) in [4.78, 5) is 12.6. The Hall–Kier alpha value is -2.52. The molecule has 0 aliphatic heterocycles. The lowest BCUT2D eigenvalue weighted by molar-refractivity contribution is 0.102. The molecule has 2 aromatic carbocycles. The molecule has 0 atom stereocenters. The van der Waals surface area contributed by atoms with E-state index in [9.17, 15) is 4.79 Å². The second-order valence-corrected chi connectivity index (χ2v) is 6.24. The van der Waals surface area contributed by atoms with Crippen molar-refractivity contribution < 1.29 is 9.21 Å². The summed E-state index contributed by atoms with van der Waals surface area (Å²) in [5.74, 6) is 0.959. The standard InChI is InChI=1S/C20H18ClNO2/c1-12-8-9-13(2)18(10-12)22-20(23)16-11-19(24-14(16)3)15-6-4-5-7-17(15)21/h4-11H,1-3H3,(H,22,23). The molecule has 0 aliphatic rings. The summed E-state index contributed by atoms with van der Waals surface area (Å²) in [6, 6.07) is 15.1. The number of halogens is 1. The summed E-state index contributed by atoms with van der Waals surface area (Å²) >= 11 is 6.21. The third-order valence-electron chi connectivity index (χ3n) is 3.94.